The molecule has 7 heteroatoms. The third-order valence-corrected chi connectivity index (χ3v) is 2.85. The van der Waals surface area contributed by atoms with Crippen LogP contribution >= 0.6 is 0 Å². The number of aliphatic hydroxyl groups excluding tert-OH is 1. The smallest absolute Gasteiger partial charge is 0.407 e. The molecule has 0 aliphatic heterocycles. The summed E-state index contributed by atoms with van der Waals surface area (Å²) in [5.74, 6) is -1.72. The molecule has 5 nitrogen and oxygen atoms in total. The molecule has 0 spiro atoms. The number of nitrogens with one attached hydrogen (secondary N) is 1. The van der Waals surface area contributed by atoms with Crippen LogP contribution in [0.25, 0.3) is 0 Å². The number of rotatable bonds is 5. The van der Waals surface area contributed by atoms with Crippen molar-refractivity contribution in [3.05, 3.63) is 35.4 Å². The highest BCUT2D eigenvalue weighted by atomic mass is 19.1. The summed E-state index contributed by atoms with van der Waals surface area (Å²) in [7, 11) is 0. The van der Waals surface area contributed by atoms with Crippen LogP contribution in [-0.4, -0.2) is 29.4 Å². The molecule has 1 aromatic rings. The van der Waals surface area contributed by atoms with Gasteiger partial charge in [0.2, 0.25) is 0 Å². The fraction of sp³-hybridized carbons (Fsp3) is 0.533. The molecule has 1 amide bonds. The highest BCUT2D eigenvalue weighted by Crippen LogP contribution is 2.23. The van der Waals surface area contributed by atoms with Crippen molar-refractivity contribution in [2.75, 3.05) is 6.54 Å². The minimum Gasteiger partial charge on any atom is -0.444 e. The van der Waals surface area contributed by atoms with E-state index in [0.29, 0.717) is 0 Å². The van der Waals surface area contributed by atoms with Crippen LogP contribution in [-0.2, 0) is 4.74 Å². The van der Waals surface area contributed by atoms with Crippen molar-refractivity contribution in [1.82, 2.24) is 5.32 Å². The second-order valence-corrected chi connectivity index (χ2v) is 5.96. The highest BCUT2D eigenvalue weighted by molar-refractivity contribution is 5.67. The number of ether oxygens (including phenoxy) is 1. The quantitative estimate of drug-likeness (QED) is 0.778. The van der Waals surface area contributed by atoms with Crippen LogP contribution in [0.3, 0.4) is 0 Å². The van der Waals surface area contributed by atoms with E-state index in [9.17, 15) is 18.7 Å². The lowest BCUT2D eigenvalue weighted by molar-refractivity contribution is 0.0520. The minimum absolute atomic E-state index is 0.114. The Kier molecular flexibility index (Phi) is 6.25. The topological polar surface area (TPSA) is 84.6 Å². The molecule has 0 aromatic heterocycles. The normalized spacial score (nSPS) is 14.3. The van der Waals surface area contributed by atoms with E-state index in [1.807, 2.05) is 0 Å². The van der Waals surface area contributed by atoms with E-state index in [2.05, 4.69) is 5.32 Å². The minimum atomic E-state index is -1.50. The predicted octanol–water partition coefficient (Wildman–Crippen LogP) is 2.24. The van der Waals surface area contributed by atoms with Crippen molar-refractivity contribution in [1.29, 1.82) is 0 Å². The second kappa shape index (κ2) is 7.51. The van der Waals surface area contributed by atoms with Crippen molar-refractivity contribution in [3.63, 3.8) is 0 Å². The van der Waals surface area contributed by atoms with Crippen molar-refractivity contribution in [2.24, 2.45) is 5.73 Å². The number of hydrogen-bond acceptors (Lipinski definition) is 4. The van der Waals surface area contributed by atoms with Crippen LogP contribution < -0.4 is 11.1 Å². The van der Waals surface area contributed by atoms with Gasteiger partial charge < -0.3 is 20.9 Å². The second-order valence-electron chi connectivity index (χ2n) is 5.96. The lowest BCUT2D eigenvalue weighted by Gasteiger charge is -2.22. The number of carbonyl (C=O) groups is 1. The molecule has 0 saturated heterocycles. The number of benzene rings is 1. The summed E-state index contributed by atoms with van der Waals surface area (Å²) in [5, 5.41) is 12.4. The van der Waals surface area contributed by atoms with Gasteiger partial charge in [0.05, 0.1) is 11.7 Å². The van der Waals surface area contributed by atoms with Gasteiger partial charge in [-0.25, -0.2) is 13.6 Å². The molecular weight excluding hydrogens is 294 g/mol. The van der Waals surface area contributed by atoms with E-state index in [-0.39, 0.29) is 13.0 Å². The zero-order valence-electron chi connectivity index (χ0n) is 12.9. The molecule has 0 fully saturated rings. The van der Waals surface area contributed by atoms with Gasteiger partial charge in [-0.15, -0.1) is 0 Å². The Labute approximate surface area is 128 Å². The Hall–Kier alpha value is -1.73. The van der Waals surface area contributed by atoms with E-state index < -0.39 is 41.0 Å². The van der Waals surface area contributed by atoms with E-state index in [1.54, 1.807) is 20.8 Å². The summed E-state index contributed by atoms with van der Waals surface area (Å²) in [6.07, 6.45) is -1.98. The molecule has 2 atom stereocenters. The molecule has 124 valence electrons. The molecule has 0 bridgehead atoms. The van der Waals surface area contributed by atoms with E-state index in [1.165, 1.54) is 6.07 Å². The maximum Gasteiger partial charge on any atom is 0.407 e. The standard InChI is InChI=1S/C15H22F2N2O3/c1-15(2,3)22-14(21)19-8-7-11(18)13(20)12-9(16)5-4-6-10(12)17/h4-6,11,13,20H,7-8,18H2,1-3H3,(H,19,21). The largest absolute Gasteiger partial charge is 0.444 e. The van der Waals surface area contributed by atoms with E-state index in [0.717, 1.165) is 12.1 Å². The summed E-state index contributed by atoms with van der Waals surface area (Å²) < 4.78 is 32.1. The molecule has 2 unspecified atom stereocenters. The Morgan fingerprint density at radius 3 is 2.41 bits per heavy atom. The maximum absolute atomic E-state index is 13.6. The third-order valence-electron chi connectivity index (χ3n) is 2.85. The van der Waals surface area contributed by atoms with Crippen molar-refractivity contribution >= 4 is 6.09 Å². The summed E-state index contributed by atoms with van der Waals surface area (Å²) >= 11 is 0. The van der Waals surface area contributed by atoms with E-state index >= 15 is 0 Å². The number of nitrogens with two attached hydrogens (primary N) is 1. The van der Waals surface area contributed by atoms with Crippen LogP contribution in [0.15, 0.2) is 18.2 Å². The van der Waals surface area contributed by atoms with Gasteiger partial charge in [-0.2, -0.15) is 0 Å². The molecule has 4 N–H and O–H groups in total. The Balaban J connectivity index is 2.52. The first-order valence-corrected chi connectivity index (χ1v) is 6.96. The number of alkyl carbamates (subject to hydrolysis) is 1. The molecule has 0 saturated carbocycles. The molecule has 0 aliphatic carbocycles. The first-order valence-electron chi connectivity index (χ1n) is 6.96. The zero-order chi connectivity index (χ0) is 16.9. The summed E-state index contributed by atoms with van der Waals surface area (Å²) in [4.78, 5) is 11.4. The summed E-state index contributed by atoms with van der Waals surface area (Å²) in [6, 6.07) is 2.37. The molecular formula is C15H22F2N2O3. The fourth-order valence-corrected chi connectivity index (χ4v) is 1.82. The van der Waals surface area contributed by atoms with Crippen molar-refractivity contribution < 1.29 is 23.4 Å². The average molecular weight is 316 g/mol. The fourth-order valence-electron chi connectivity index (χ4n) is 1.82. The van der Waals surface area contributed by atoms with Crippen LogP contribution in [0.4, 0.5) is 13.6 Å². The molecule has 0 heterocycles. The molecule has 0 radical (unpaired) electrons. The number of carbonyl (C=O) groups excluding carboxylic acids is 1. The number of halogens is 2. The van der Waals surface area contributed by atoms with E-state index in [4.69, 9.17) is 10.5 Å². The SMILES string of the molecule is CC(C)(C)OC(=O)NCCC(N)C(O)c1c(F)cccc1F. The first-order chi connectivity index (χ1) is 10.1. The van der Waals surface area contributed by atoms with Crippen LogP contribution in [0.1, 0.15) is 38.9 Å². The summed E-state index contributed by atoms with van der Waals surface area (Å²) in [6.45, 7) is 5.29. The average Bonchev–Trinajstić information content (AvgIpc) is 2.35. The van der Waals surface area contributed by atoms with Crippen molar-refractivity contribution in [3.8, 4) is 0 Å². The summed E-state index contributed by atoms with van der Waals surface area (Å²) in [5.41, 5.74) is 4.64. The number of hydrogen-bond donors (Lipinski definition) is 3. The lowest BCUT2D eigenvalue weighted by Crippen LogP contribution is -2.37. The van der Waals surface area contributed by atoms with Gasteiger partial charge in [-0.1, -0.05) is 6.07 Å². The highest BCUT2D eigenvalue weighted by Gasteiger charge is 2.24. The Morgan fingerprint density at radius 2 is 1.91 bits per heavy atom. The number of amides is 1. The van der Waals surface area contributed by atoms with Crippen LogP contribution in [0.2, 0.25) is 0 Å². The van der Waals surface area contributed by atoms with Gasteiger partial charge in [-0.3, -0.25) is 0 Å². The van der Waals surface area contributed by atoms with Crippen LogP contribution in [0.5, 0.6) is 0 Å². The third kappa shape index (κ3) is 5.57. The molecule has 22 heavy (non-hydrogen) atoms. The first kappa shape index (κ1) is 18.3. The maximum atomic E-state index is 13.6. The Morgan fingerprint density at radius 1 is 1.36 bits per heavy atom. The monoisotopic (exact) mass is 316 g/mol. The lowest BCUT2D eigenvalue weighted by atomic mass is 9.99. The molecule has 1 aromatic carbocycles. The predicted molar refractivity (Wildman–Crippen MR) is 78.1 cm³/mol. The zero-order valence-corrected chi connectivity index (χ0v) is 12.9. The number of aliphatic hydroxyl groups is 1. The van der Waals surface area contributed by atoms with Crippen molar-refractivity contribution in [2.45, 2.75) is 44.9 Å². The van der Waals surface area contributed by atoms with Gasteiger partial charge in [-0.05, 0) is 39.3 Å². The van der Waals surface area contributed by atoms with Gasteiger partial charge in [0, 0.05) is 12.6 Å². The molecule has 0 aliphatic rings. The van der Waals surface area contributed by atoms with Gasteiger partial charge >= 0.3 is 6.09 Å². The van der Waals surface area contributed by atoms with Crippen LogP contribution in [0, 0.1) is 11.6 Å². The van der Waals surface area contributed by atoms with Gasteiger partial charge in [0.1, 0.15) is 17.2 Å². The van der Waals surface area contributed by atoms with Gasteiger partial charge in [0.15, 0.2) is 0 Å². The van der Waals surface area contributed by atoms with Gasteiger partial charge in [0.25, 0.3) is 0 Å². The molecule has 1 rings (SSSR count). The Bertz CT molecular complexity index is 498.